The Morgan fingerprint density at radius 2 is 1.53 bits per heavy atom. The topological polar surface area (TPSA) is 133 Å². The number of nitrogens with zero attached hydrogens (tertiary/aromatic N) is 2. The van der Waals surface area contributed by atoms with Crippen LogP contribution in [0.5, 0.6) is 11.5 Å². The molecule has 10 heteroatoms. The maximum atomic E-state index is 13.2. The van der Waals surface area contributed by atoms with Crippen LogP contribution in [0.4, 0.5) is 5.69 Å². The number of aryl methyl sites for hydroxylation is 1. The number of hydrogen-bond donors (Lipinski definition) is 2. The van der Waals surface area contributed by atoms with E-state index in [9.17, 15) is 19.7 Å². The van der Waals surface area contributed by atoms with Crippen molar-refractivity contribution in [1.82, 2.24) is 15.8 Å². The average Bonchev–Trinajstić information content (AvgIpc) is 2.90. The summed E-state index contributed by atoms with van der Waals surface area (Å²) in [6, 6.07) is 18.9. The van der Waals surface area contributed by atoms with Gasteiger partial charge in [-0.1, -0.05) is 48.0 Å². The number of fused-ring (bicyclic) bond motifs is 2. The van der Waals surface area contributed by atoms with E-state index in [0.717, 1.165) is 17.2 Å². The standard InChI is InChI=1S/C26H20N4O6/c1-15-6-8-16(9-7-15)21-12-18(17-4-2-3-5-20(17)27-21)25(31)28-29-26(32)19-13-23-24(36-11-10-35-23)14-22(19)30(33)34/h2-9,12-14H,10-11H2,1H3,(H,28,31)(H,29,32). The Balaban J connectivity index is 1.44. The number of hydrazine groups is 1. The molecule has 1 aliphatic rings. The van der Waals surface area contributed by atoms with Crippen LogP contribution in [0.15, 0.2) is 66.7 Å². The predicted octanol–water partition coefficient (Wildman–Crippen LogP) is 3.96. The molecule has 0 spiro atoms. The number of ether oxygens (including phenoxy) is 2. The molecule has 180 valence electrons. The maximum absolute atomic E-state index is 13.2. The number of para-hydroxylation sites is 1. The van der Waals surface area contributed by atoms with E-state index in [1.165, 1.54) is 6.07 Å². The van der Waals surface area contributed by atoms with Crippen LogP contribution in [0.1, 0.15) is 26.3 Å². The van der Waals surface area contributed by atoms with Gasteiger partial charge in [-0.3, -0.25) is 30.6 Å². The third-order valence-corrected chi connectivity index (χ3v) is 5.70. The summed E-state index contributed by atoms with van der Waals surface area (Å²) in [5, 5.41) is 12.1. The molecule has 2 N–H and O–H groups in total. The molecule has 0 bridgehead atoms. The third kappa shape index (κ3) is 4.39. The maximum Gasteiger partial charge on any atom is 0.286 e. The van der Waals surface area contributed by atoms with Crippen molar-refractivity contribution >= 4 is 28.4 Å². The van der Waals surface area contributed by atoms with E-state index in [1.54, 1.807) is 24.3 Å². The molecule has 0 atom stereocenters. The Bertz CT molecular complexity index is 1520. The van der Waals surface area contributed by atoms with Crippen molar-refractivity contribution in [2.45, 2.75) is 6.92 Å². The van der Waals surface area contributed by atoms with Gasteiger partial charge < -0.3 is 9.47 Å². The fraction of sp³-hybridized carbons (Fsp3) is 0.115. The van der Waals surface area contributed by atoms with E-state index in [-0.39, 0.29) is 35.8 Å². The number of nitro groups is 1. The van der Waals surface area contributed by atoms with E-state index in [0.29, 0.717) is 16.6 Å². The van der Waals surface area contributed by atoms with Crippen molar-refractivity contribution in [2.24, 2.45) is 0 Å². The Morgan fingerprint density at radius 1 is 0.889 bits per heavy atom. The molecule has 1 aromatic heterocycles. The Labute approximate surface area is 205 Å². The van der Waals surface area contributed by atoms with Crippen LogP contribution in [-0.2, 0) is 0 Å². The minimum absolute atomic E-state index is 0.181. The molecule has 3 aromatic carbocycles. The van der Waals surface area contributed by atoms with E-state index in [1.807, 2.05) is 37.3 Å². The summed E-state index contributed by atoms with van der Waals surface area (Å²) in [7, 11) is 0. The van der Waals surface area contributed by atoms with Gasteiger partial charge in [0.25, 0.3) is 17.5 Å². The average molecular weight is 484 g/mol. The van der Waals surface area contributed by atoms with Gasteiger partial charge in [-0.05, 0) is 19.1 Å². The molecule has 0 saturated heterocycles. The number of nitro benzene ring substituents is 1. The molecular weight excluding hydrogens is 464 g/mol. The van der Waals surface area contributed by atoms with Crippen molar-refractivity contribution in [3.8, 4) is 22.8 Å². The lowest BCUT2D eigenvalue weighted by Crippen LogP contribution is -2.42. The lowest BCUT2D eigenvalue weighted by Gasteiger charge is -2.19. The zero-order chi connectivity index (χ0) is 25.2. The minimum Gasteiger partial charge on any atom is -0.486 e. The monoisotopic (exact) mass is 484 g/mol. The first kappa shape index (κ1) is 22.8. The van der Waals surface area contributed by atoms with Gasteiger partial charge in [-0.15, -0.1) is 0 Å². The van der Waals surface area contributed by atoms with E-state index >= 15 is 0 Å². The van der Waals surface area contributed by atoms with E-state index in [2.05, 4.69) is 15.8 Å². The number of carbonyl (C=O) groups is 2. The van der Waals surface area contributed by atoms with Crippen molar-refractivity contribution in [3.63, 3.8) is 0 Å². The smallest absolute Gasteiger partial charge is 0.286 e. The Kier molecular flexibility index (Phi) is 5.91. The first-order valence-electron chi connectivity index (χ1n) is 11.1. The van der Waals surface area contributed by atoms with Crippen molar-refractivity contribution in [2.75, 3.05) is 13.2 Å². The zero-order valence-corrected chi connectivity index (χ0v) is 19.1. The first-order valence-corrected chi connectivity index (χ1v) is 11.1. The second kappa shape index (κ2) is 9.34. The molecule has 4 aromatic rings. The molecule has 0 unspecified atom stereocenters. The van der Waals surface area contributed by atoms with Crippen molar-refractivity contribution < 1.29 is 24.0 Å². The largest absolute Gasteiger partial charge is 0.486 e. The normalized spacial score (nSPS) is 12.1. The van der Waals surface area contributed by atoms with Crippen molar-refractivity contribution in [1.29, 1.82) is 0 Å². The van der Waals surface area contributed by atoms with Crippen LogP contribution in [0.25, 0.3) is 22.2 Å². The summed E-state index contributed by atoms with van der Waals surface area (Å²) >= 11 is 0. The molecule has 36 heavy (non-hydrogen) atoms. The highest BCUT2D eigenvalue weighted by Gasteiger charge is 2.27. The number of pyridine rings is 1. The highest BCUT2D eigenvalue weighted by molar-refractivity contribution is 6.08. The van der Waals surface area contributed by atoms with Gasteiger partial charge in [0.15, 0.2) is 11.5 Å². The van der Waals surface area contributed by atoms with Crippen LogP contribution in [0, 0.1) is 17.0 Å². The summed E-state index contributed by atoms with van der Waals surface area (Å²) in [6.45, 7) is 2.47. The minimum atomic E-state index is -0.871. The summed E-state index contributed by atoms with van der Waals surface area (Å²) < 4.78 is 10.8. The number of carbonyl (C=O) groups excluding carboxylic acids is 2. The van der Waals surface area contributed by atoms with E-state index in [4.69, 9.17) is 9.47 Å². The Morgan fingerprint density at radius 3 is 2.22 bits per heavy atom. The van der Waals surface area contributed by atoms with Crippen LogP contribution < -0.4 is 20.3 Å². The van der Waals surface area contributed by atoms with Crippen LogP contribution in [0.2, 0.25) is 0 Å². The first-order chi connectivity index (χ1) is 17.4. The quantitative estimate of drug-likeness (QED) is 0.331. The summed E-state index contributed by atoms with van der Waals surface area (Å²) in [5.41, 5.74) is 7.29. The number of hydrogen-bond acceptors (Lipinski definition) is 7. The molecular formula is C26H20N4O6. The van der Waals surface area contributed by atoms with Crippen LogP contribution >= 0.6 is 0 Å². The highest BCUT2D eigenvalue weighted by atomic mass is 16.6. The SMILES string of the molecule is Cc1ccc(-c2cc(C(=O)NNC(=O)c3cc4c(cc3[N+](=O)[O-])OCCO4)c3ccccc3n2)cc1. The van der Waals surface area contributed by atoms with Crippen molar-refractivity contribution in [3.05, 3.63) is 93.5 Å². The zero-order valence-electron chi connectivity index (χ0n) is 19.1. The van der Waals surface area contributed by atoms with Crippen LogP contribution in [-0.4, -0.2) is 34.9 Å². The fourth-order valence-corrected chi connectivity index (χ4v) is 3.89. The molecule has 5 rings (SSSR count). The number of benzene rings is 3. The molecule has 0 aliphatic carbocycles. The molecule has 0 radical (unpaired) electrons. The molecule has 2 heterocycles. The van der Waals surface area contributed by atoms with Gasteiger partial charge >= 0.3 is 0 Å². The lowest BCUT2D eigenvalue weighted by atomic mass is 10.0. The van der Waals surface area contributed by atoms with Gasteiger partial charge in [0.05, 0.1) is 27.8 Å². The number of aromatic nitrogens is 1. The molecule has 0 fully saturated rings. The molecule has 10 nitrogen and oxygen atoms in total. The summed E-state index contributed by atoms with van der Waals surface area (Å²) in [5.74, 6) is -1.08. The van der Waals surface area contributed by atoms with Gasteiger partial charge in [0.1, 0.15) is 18.8 Å². The highest BCUT2D eigenvalue weighted by Crippen LogP contribution is 2.36. The number of nitrogens with one attached hydrogen (secondary N) is 2. The van der Waals surface area contributed by atoms with Gasteiger partial charge in [0.2, 0.25) is 0 Å². The summed E-state index contributed by atoms with van der Waals surface area (Å²) in [6.07, 6.45) is 0. The van der Waals surface area contributed by atoms with Crippen LogP contribution in [0.3, 0.4) is 0 Å². The lowest BCUT2D eigenvalue weighted by molar-refractivity contribution is -0.385. The van der Waals surface area contributed by atoms with E-state index < -0.39 is 22.4 Å². The summed E-state index contributed by atoms with van der Waals surface area (Å²) in [4.78, 5) is 41.5. The molecule has 2 amide bonds. The predicted molar refractivity (Wildman–Crippen MR) is 131 cm³/mol. The number of amides is 2. The van der Waals surface area contributed by atoms with Gasteiger partial charge in [0, 0.05) is 17.0 Å². The second-order valence-electron chi connectivity index (χ2n) is 8.12. The molecule has 0 saturated carbocycles. The second-order valence-corrected chi connectivity index (χ2v) is 8.12. The Hall–Kier alpha value is -4.99. The third-order valence-electron chi connectivity index (χ3n) is 5.70. The molecule has 1 aliphatic heterocycles. The van der Waals surface area contributed by atoms with Gasteiger partial charge in [-0.25, -0.2) is 4.98 Å². The van der Waals surface area contributed by atoms with Gasteiger partial charge in [-0.2, -0.15) is 0 Å². The number of rotatable bonds is 4. The fourth-order valence-electron chi connectivity index (χ4n) is 3.89.